The highest BCUT2D eigenvalue weighted by Crippen LogP contribution is 2.20. The number of amides is 1. The average Bonchev–Trinajstić information content (AvgIpc) is 2.02. The third kappa shape index (κ3) is 2.02. The molecule has 4 nitrogen and oxygen atoms in total. The largest absolute Gasteiger partial charge is 0.365 e. The molecule has 0 spiro atoms. The molecule has 0 aliphatic heterocycles. The zero-order chi connectivity index (χ0) is 10.9. The molecule has 0 saturated carbocycles. The van der Waals surface area contributed by atoms with Crippen LogP contribution in [-0.4, -0.2) is 10.9 Å². The summed E-state index contributed by atoms with van der Waals surface area (Å²) in [5.74, 6) is -0.697. The van der Waals surface area contributed by atoms with Crippen LogP contribution in [0.3, 0.4) is 0 Å². The molecular weight excluding hydrogens is 180 g/mol. The zero-order valence-electron chi connectivity index (χ0n) is 8.55. The lowest BCUT2D eigenvalue weighted by Crippen LogP contribution is -2.25. The first kappa shape index (κ1) is 10.5. The maximum atomic E-state index is 11.2. The van der Waals surface area contributed by atoms with Crippen molar-refractivity contribution >= 4 is 5.91 Å². The number of aromatic nitrogens is 1. The van der Waals surface area contributed by atoms with Crippen molar-refractivity contribution < 1.29 is 4.79 Å². The predicted molar refractivity (Wildman–Crippen MR) is 54.3 cm³/mol. The SMILES string of the molecule is CC(C)(C)c1c[nH]c(=O)c(C(N)=O)c1. The van der Waals surface area contributed by atoms with E-state index in [4.69, 9.17) is 5.73 Å². The number of H-pyrrole nitrogens is 1. The van der Waals surface area contributed by atoms with E-state index in [1.807, 2.05) is 20.8 Å². The summed E-state index contributed by atoms with van der Waals surface area (Å²) in [6.07, 6.45) is 1.61. The van der Waals surface area contributed by atoms with E-state index in [1.54, 1.807) is 12.3 Å². The van der Waals surface area contributed by atoms with Gasteiger partial charge in [0.05, 0.1) is 0 Å². The number of nitrogens with one attached hydrogen (secondary N) is 1. The van der Waals surface area contributed by atoms with Crippen LogP contribution >= 0.6 is 0 Å². The van der Waals surface area contributed by atoms with Crippen molar-refractivity contribution in [2.75, 3.05) is 0 Å². The number of aromatic amines is 1. The zero-order valence-corrected chi connectivity index (χ0v) is 8.55. The van der Waals surface area contributed by atoms with Crippen molar-refractivity contribution in [2.45, 2.75) is 26.2 Å². The summed E-state index contributed by atoms with van der Waals surface area (Å²) < 4.78 is 0. The Labute approximate surface area is 82.1 Å². The third-order valence-electron chi connectivity index (χ3n) is 2.03. The molecule has 0 aliphatic rings. The van der Waals surface area contributed by atoms with E-state index < -0.39 is 11.5 Å². The number of carbonyl (C=O) groups excluding carboxylic acids is 1. The fourth-order valence-electron chi connectivity index (χ4n) is 1.10. The van der Waals surface area contributed by atoms with E-state index in [-0.39, 0.29) is 11.0 Å². The van der Waals surface area contributed by atoms with Crippen LogP contribution in [0, 0.1) is 0 Å². The Bertz CT molecular complexity index is 413. The summed E-state index contributed by atoms with van der Waals surface area (Å²) >= 11 is 0. The molecule has 0 fully saturated rings. The lowest BCUT2D eigenvalue weighted by atomic mass is 9.87. The van der Waals surface area contributed by atoms with Gasteiger partial charge in [-0.25, -0.2) is 0 Å². The summed E-state index contributed by atoms with van der Waals surface area (Å²) in [5.41, 5.74) is 5.40. The Balaban J connectivity index is 3.34. The Kier molecular flexibility index (Phi) is 2.47. The van der Waals surface area contributed by atoms with Crippen LogP contribution in [0.25, 0.3) is 0 Å². The highest BCUT2D eigenvalue weighted by atomic mass is 16.2. The summed E-state index contributed by atoms with van der Waals surface area (Å²) in [5, 5.41) is 0. The topological polar surface area (TPSA) is 75.9 Å². The maximum Gasteiger partial charge on any atom is 0.260 e. The molecule has 0 saturated heterocycles. The van der Waals surface area contributed by atoms with Crippen molar-refractivity contribution in [1.29, 1.82) is 0 Å². The Hall–Kier alpha value is -1.58. The van der Waals surface area contributed by atoms with Gasteiger partial charge in [-0.2, -0.15) is 0 Å². The molecule has 4 heteroatoms. The summed E-state index contributed by atoms with van der Waals surface area (Å²) in [6.45, 7) is 5.97. The van der Waals surface area contributed by atoms with Crippen molar-refractivity contribution in [3.63, 3.8) is 0 Å². The first-order valence-corrected chi connectivity index (χ1v) is 4.35. The molecular formula is C10H14N2O2. The molecule has 1 aromatic heterocycles. The maximum absolute atomic E-state index is 11.2. The van der Waals surface area contributed by atoms with Gasteiger partial charge in [0.2, 0.25) is 0 Å². The van der Waals surface area contributed by atoms with Crippen molar-refractivity contribution in [2.24, 2.45) is 5.73 Å². The van der Waals surface area contributed by atoms with Gasteiger partial charge >= 0.3 is 0 Å². The Morgan fingerprint density at radius 3 is 2.43 bits per heavy atom. The molecule has 0 aliphatic carbocycles. The van der Waals surface area contributed by atoms with Crippen LogP contribution in [0.2, 0.25) is 0 Å². The lowest BCUT2D eigenvalue weighted by molar-refractivity contribution is 0.0998. The number of hydrogen-bond donors (Lipinski definition) is 2. The Morgan fingerprint density at radius 1 is 1.43 bits per heavy atom. The van der Waals surface area contributed by atoms with Crippen LogP contribution in [0.15, 0.2) is 17.1 Å². The quantitative estimate of drug-likeness (QED) is 0.692. The molecule has 0 bridgehead atoms. The van der Waals surface area contributed by atoms with Crippen molar-refractivity contribution in [3.05, 3.63) is 33.7 Å². The Morgan fingerprint density at radius 2 is 2.00 bits per heavy atom. The number of pyridine rings is 1. The highest BCUT2D eigenvalue weighted by Gasteiger charge is 2.16. The van der Waals surface area contributed by atoms with E-state index >= 15 is 0 Å². The third-order valence-corrected chi connectivity index (χ3v) is 2.03. The fraction of sp³-hybridized carbons (Fsp3) is 0.400. The molecule has 1 rings (SSSR count). The van der Waals surface area contributed by atoms with Gasteiger partial charge < -0.3 is 10.7 Å². The highest BCUT2D eigenvalue weighted by molar-refractivity contribution is 5.92. The van der Waals surface area contributed by atoms with Crippen LogP contribution in [0.1, 0.15) is 36.7 Å². The second-order valence-corrected chi connectivity index (χ2v) is 4.25. The molecule has 14 heavy (non-hydrogen) atoms. The van der Waals surface area contributed by atoms with E-state index in [0.29, 0.717) is 0 Å². The van der Waals surface area contributed by atoms with E-state index in [2.05, 4.69) is 4.98 Å². The van der Waals surface area contributed by atoms with Crippen LogP contribution in [0.4, 0.5) is 0 Å². The first-order valence-electron chi connectivity index (χ1n) is 4.35. The molecule has 1 heterocycles. The number of nitrogens with two attached hydrogens (primary N) is 1. The predicted octanol–water partition coefficient (Wildman–Crippen LogP) is 0.771. The smallest absolute Gasteiger partial charge is 0.260 e. The standard InChI is InChI=1S/C10H14N2O2/c1-10(2,3)6-4-7(8(11)13)9(14)12-5-6/h4-5H,1-3H3,(H2,11,13)(H,12,14). The van der Waals surface area contributed by atoms with Gasteiger partial charge in [-0.05, 0) is 17.0 Å². The van der Waals surface area contributed by atoms with Gasteiger partial charge in [0.25, 0.3) is 11.5 Å². The summed E-state index contributed by atoms with van der Waals surface area (Å²) in [4.78, 5) is 24.6. The van der Waals surface area contributed by atoms with Crippen LogP contribution in [0.5, 0.6) is 0 Å². The van der Waals surface area contributed by atoms with E-state index in [9.17, 15) is 9.59 Å². The molecule has 0 unspecified atom stereocenters. The second-order valence-electron chi connectivity index (χ2n) is 4.25. The number of carbonyl (C=O) groups is 1. The minimum atomic E-state index is -0.697. The lowest BCUT2D eigenvalue weighted by Gasteiger charge is -2.18. The first-order chi connectivity index (χ1) is 6.32. The van der Waals surface area contributed by atoms with Crippen LogP contribution < -0.4 is 11.3 Å². The molecule has 76 valence electrons. The monoisotopic (exact) mass is 194 g/mol. The molecule has 0 atom stereocenters. The number of hydrogen-bond acceptors (Lipinski definition) is 2. The number of primary amides is 1. The van der Waals surface area contributed by atoms with Gasteiger partial charge in [-0.1, -0.05) is 20.8 Å². The number of rotatable bonds is 1. The summed E-state index contributed by atoms with van der Waals surface area (Å²) in [6, 6.07) is 1.54. The molecule has 1 amide bonds. The van der Waals surface area contributed by atoms with Gasteiger partial charge in [-0.3, -0.25) is 9.59 Å². The van der Waals surface area contributed by atoms with Crippen molar-refractivity contribution in [1.82, 2.24) is 4.98 Å². The second kappa shape index (κ2) is 3.29. The average molecular weight is 194 g/mol. The fourth-order valence-corrected chi connectivity index (χ4v) is 1.10. The minimum Gasteiger partial charge on any atom is -0.365 e. The normalized spacial score (nSPS) is 11.4. The van der Waals surface area contributed by atoms with Gasteiger partial charge in [0.15, 0.2) is 0 Å². The van der Waals surface area contributed by atoms with Gasteiger partial charge in [0.1, 0.15) is 5.56 Å². The minimum absolute atomic E-state index is 0.0115. The molecule has 0 aromatic carbocycles. The van der Waals surface area contributed by atoms with Gasteiger partial charge in [0, 0.05) is 6.20 Å². The molecule has 3 N–H and O–H groups in total. The van der Waals surface area contributed by atoms with Gasteiger partial charge in [-0.15, -0.1) is 0 Å². The van der Waals surface area contributed by atoms with E-state index in [0.717, 1.165) is 5.56 Å². The molecule has 1 aromatic rings. The summed E-state index contributed by atoms with van der Waals surface area (Å²) in [7, 11) is 0. The van der Waals surface area contributed by atoms with E-state index in [1.165, 1.54) is 0 Å². The van der Waals surface area contributed by atoms with Crippen molar-refractivity contribution in [3.8, 4) is 0 Å². The van der Waals surface area contributed by atoms with Crippen LogP contribution in [-0.2, 0) is 5.41 Å². The molecule has 0 radical (unpaired) electrons.